The Kier molecular flexibility index (Phi) is 6.99. The molecule has 1 heterocycles. The number of hydrogen-bond acceptors (Lipinski definition) is 2. The SMILES string of the molecule is O=C(N[C@H]1CCC[C@@H]1CCc1ccccc1)c1ccc(Cc2cccc(C(F)(F)F)c2)s1. The van der Waals surface area contributed by atoms with Crippen molar-refractivity contribution in [2.75, 3.05) is 0 Å². The van der Waals surface area contributed by atoms with Crippen molar-refractivity contribution >= 4 is 17.2 Å². The van der Waals surface area contributed by atoms with Gasteiger partial charge in [0.25, 0.3) is 5.91 Å². The van der Waals surface area contributed by atoms with Gasteiger partial charge in [-0.25, -0.2) is 0 Å². The van der Waals surface area contributed by atoms with Crippen molar-refractivity contribution < 1.29 is 18.0 Å². The number of hydrogen-bond donors (Lipinski definition) is 1. The van der Waals surface area contributed by atoms with E-state index in [0.29, 0.717) is 22.8 Å². The lowest BCUT2D eigenvalue weighted by Crippen LogP contribution is -2.37. The fourth-order valence-electron chi connectivity index (χ4n) is 4.46. The van der Waals surface area contributed by atoms with Gasteiger partial charge in [0.1, 0.15) is 0 Å². The smallest absolute Gasteiger partial charge is 0.348 e. The Labute approximate surface area is 190 Å². The van der Waals surface area contributed by atoms with E-state index in [4.69, 9.17) is 0 Å². The molecule has 0 bridgehead atoms. The van der Waals surface area contributed by atoms with Gasteiger partial charge in [0.2, 0.25) is 0 Å². The van der Waals surface area contributed by atoms with Crippen molar-refractivity contribution in [2.24, 2.45) is 5.92 Å². The molecule has 2 nitrogen and oxygen atoms in total. The number of benzene rings is 2. The van der Waals surface area contributed by atoms with Gasteiger partial charge in [0.05, 0.1) is 10.4 Å². The van der Waals surface area contributed by atoms with E-state index in [2.05, 4.69) is 29.6 Å². The van der Waals surface area contributed by atoms with Crippen LogP contribution >= 0.6 is 11.3 Å². The summed E-state index contributed by atoms with van der Waals surface area (Å²) in [5, 5.41) is 3.21. The van der Waals surface area contributed by atoms with E-state index in [0.717, 1.165) is 43.0 Å². The summed E-state index contributed by atoms with van der Waals surface area (Å²) >= 11 is 1.35. The van der Waals surface area contributed by atoms with Gasteiger partial charge in [-0.1, -0.05) is 55.0 Å². The molecule has 32 heavy (non-hydrogen) atoms. The highest BCUT2D eigenvalue weighted by Crippen LogP contribution is 2.32. The van der Waals surface area contributed by atoms with Gasteiger partial charge in [-0.3, -0.25) is 4.79 Å². The van der Waals surface area contributed by atoms with E-state index in [-0.39, 0.29) is 11.9 Å². The minimum Gasteiger partial charge on any atom is -0.348 e. The molecule has 0 saturated heterocycles. The van der Waals surface area contributed by atoms with E-state index in [1.165, 1.54) is 29.0 Å². The Balaban J connectivity index is 1.34. The van der Waals surface area contributed by atoms with E-state index in [1.54, 1.807) is 12.1 Å². The molecule has 1 fully saturated rings. The topological polar surface area (TPSA) is 29.1 Å². The van der Waals surface area contributed by atoms with Gasteiger partial charge in [-0.05, 0) is 60.9 Å². The van der Waals surface area contributed by atoms with E-state index >= 15 is 0 Å². The summed E-state index contributed by atoms with van der Waals surface area (Å²) in [7, 11) is 0. The van der Waals surface area contributed by atoms with Crippen molar-refractivity contribution in [1.82, 2.24) is 5.32 Å². The molecular formula is C26H26F3NOS. The minimum absolute atomic E-state index is 0.0816. The molecule has 1 aromatic heterocycles. The molecule has 3 aromatic rings. The molecule has 1 N–H and O–H groups in total. The summed E-state index contributed by atoms with van der Waals surface area (Å²) < 4.78 is 38.8. The van der Waals surface area contributed by atoms with Crippen molar-refractivity contribution in [1.29, 1.82) is 0 Å². The Morgan fingerprint density at radius 1 is 0.969 bits per heavy atom. The number of carbonyl (C=O) groups excluding carboxylic acids is 1. The maximum absolute atomic E-state index is 12.9. The van der Waals surface area contributed by atoms with E-state index in [9.17, 15) is 18.0 Å². The summed E-state index contributed by atoms with van der Waals surface area (Å²) in [6.07, 6.45) is 1.34. The Morgan fingerprint density at radius 2 is 1.75 bits per heavy atom. The number of thiophene rings is 1. The fourth-order valence-corrected chi connectivity index (χ4v) is 5.41. The molecule has 1 aliphatic carbocycles. The van der Waals surface area contributed by atoms with Gasteiger partial charge in [-0.2, -0.15) is 13.2 Å². The monoisotopic (exact) mass is 457 g/mol. The summed E-state index contributed by atoms with van der Waals surface area (Å²) in [5.41, 5.74) is 1.26. The van der Waals surface area contributed by atoms with Gasteiger partial charge in [-0.15, -0.1) is 11.3 Å². The Morgan fingerprint density at radius 3 is 2.53 bits per heavy atom. The third-order valence-corrected chi connectivity index (χ3v) is 7.22. The molecule has 2 atom stereocenters. The molecule has 1 saturated carbocycles. The van der Waals surface area contributed by atoms with Crippen LogP contribution in [0, 0.1) is 5.92 Å². The third-order valence-electron chi connectivity index (χ3n) is 6.14. The predicted molar refractivity (Wildman–Crippen MR) is 122 cm³/mol. The zero-order valence-electron chi connectivity index (χ0n) is 17.7. The van der Waals surface area contributed by atoms with Crippen LogP contribution in [-0.4, -0.2) is 11.9 Å². The van der Waals surface area contributed by atoms with Crippen LogP contribution < -0.4 is 5.32 Å². The Bertz CT molecular complexity index is 1040. The molecule has 0 spiro atoms. The summed E-state index contributed by atoms with van der Waals surface area (Å²) in [6.45, 7) is 0. The second kappa shape index (κ2) is 9.90. The van der Waals surface area contributed by atoms with Gasteiger partial charge in [0, 0.05) is 17.3 Å². The summed E-state index contributed by atoms with van der Waals surface area (Å²) in [4.78, 5) is 14.3. The van der Waals surface area contributed by atoms with Crippen LogP contribution in [0.4, 0.5) is 13.2 Å². The first-order valence-electron chi connectivity index (χ1n) is 11.0. The highest BCUT2D eigenvalue weighted by atomic mass is 32.1. The average molecular weight is 458 g/mol. The average Bonchev–Trinajstić information content (AvgIpc) is 3.42. The summed E-state index contributed by atoms with van der Waals surface area (Å²) in [6, 6.07) is 19.6. The van der Waals surface area contributed by atoms with Crippen molar-refractivity contribution in [2.45, 2.75) is 50.7 Å². The van der Waals surface area contributed by atoms with Crippen LogP contribution in [0.15, 0.2) is 66.7 Å². The standard InChI is InChI=1S/C26H26F3NOS/c27-26(28,29)21-10-4-8-19(16-21)17-22-14-15-24(32-22)25(31)30-23-11-5-9-20(23)13-12-18-6-2-1-3-7-18/h1-4,6-8,10,14-16,20,23H,5,9,11-13,17H2,(H,30,31)/t20-,23+/m1/s1. The van der Waals surface area contributed by atoms with Crippen molar-refractivity contribution in [3.05, 3.63) is 93.2 Å². The molecule has 2 aromatic carbocycles. The van der Waals surface area contributed by atoms with E-state index < -0.39 is 11.7 Å². The van der Waals surface area contributed by atoms with Crippen molar-refractivity contribution in [3.8, 4) is 0 Å². The third kappa shape index (κ3) is 5.80. The maximum Gasteiger partial charge on any atom is 0.416 e. The molecule has 0 unspecified atom stereocenters. The first kappa shape index (κ1) is 22.6. The number of alkyl halides is 3. The zero-order valence-corrected chi connectivity index (χ0v) is 18.5. The predicted octanol–water partition coefficient (Wildman–Crippen LogP) is 6.89. The van der Waals surface area contributed by atoms with Gasteiger partial charge >= 0.3 is 6.18 Å². The molecule has 4 rings (SSSR count). The Hall–Kier alpha value is -2.60. The fraction of sp³-hybridized carbons (Fsp3) is 0.346. The van der Waals surface area contributed by atoms with E-state index in [1.807, 2.05) is 12.1 Å². The number of carbonyl (C=O) groups is 1. The van der Waals surface area contributed by atoms with Crippen molar-refractivity contribution in [3.63, 3.8) is 0 Å². The first-order valence-corrected chi connectivity index (χ1v) is 11.8. The quantitative estimate of drug-likeness (QED) is 0.411. The first-order chi connectivity index (χ1) is 15.4. The van der Waals surface area contributed by atoms with Crippen LogP contribution in [0.2, 0.25) is 0 Å². The molecule has 168 valence electrons. The second-order valence-electron chi connectivity index (χ2n) is 8.44. The number of nitrogens with one attached hydrogen (secondary N) is 1. The van der Waals surface area contributed by atoms with Crippen LogP contribution in [0.5, 0.6) is 0 Å². The lowest BCUT2D eigenvalue weighted by atomic mass is 9.95. The highest BCUT2D eigenvalue weighted by Gasteiger charge is 2.31. The van der Waals surface area contributed by atoms with Gasteiger partial charge in [0.15, 0.2) is 0 Å². The van der Waals surface area contributed by atoms with Crippen LogP contribution in [0.25, 0.3) is 0 Å². The highest BCUT2D eigenvalue weighted by molar-refractivity contribution is 7.14. The van der Waals surface area contributed by atoms with Crippen LogP contribution in [0.3, 0.4) is 0 Å². The maximum atomic E-state index is 12.9. The number of halogens is 3. The molecule has 0 aliphatic heterocycles. The van der Waals surface area contributed by atoms with Crippen LogP contribution in [-0.2, 0) is 19.0 Å². The van der Waals surface area contributed by atoms with Crippen LogP contribution in [0.1, 0.15) is 56.9 Å². The molecule has 0 radical (unpaired) electrons. The van der Waals surface area contributed by atoms with Gasteiger partial charge < -0.3 is 5.32 Å². The lowest BCUT2D eigenvalue weighted by Gasteiger charge is -2.20. The number of rotatable bonds is 7. The number of amides is 1. The summed E-state index contributed by atoms with van der Waals surface area (Å²) in [5.74, 6) is 0.394. The zero-order chi connectivity index (χ0) is 22.6. The normalized spacial score (nSPS) is 18.6. The molecule has 1 amide bonds. The largest absolute Gasteiger partial charge is 0.416 e. The second-order valence-corrected chi connectivity index (χ2v) is 9.60. The molecule has 1 aliphatic rings. The number of aryl methyl sites for hydroxylation is 1. The molecule has 6 heteroatoms. The molecular weight excluding hydrogens is 431 g/mol. The minimum atomic E-state index is -4.35. The lowest BCUT2D eigenvalue weighted by molar-refractivity contribution is -0.137.